The summed E-state index contributed by atoms with van der Waals surface area (Å²) in [6, 6.07) is 8.47. The molecule has 4 heteroatoms. The van der Waals surface area contributed by atoms with Crippen molar-refractivity contribution in [2.75, 3.05) is 19.7 Å². The maximum absolute atomic E-state index is 12.0. The van der Waals surface area contributed by atoms with Crippen molar-refractivity contribution in [2.45, 2.75) is 58.1 Å². The third kappa shape index (κ3) is 5.63. The highest BCUT2D eigenvalue weighted by atomic mass is 16.5. The monoisotopic (exact) mass is 318 g/mol. The summed E-state index contributed by atoms with van der Waals surface area (Å²) in [6.45, 7) is 10.7. The third-order valence-corrected chi connectivity index (χ3v) is 4.39. The molecule has 0 saturated carbocycles. The normalized spacial score (nSPS) is 17.7. The van der Waals surface area contributed by atoms with Gasteiger partial charge in [0, 0.05) is 0 Å². The number of carbonyl (C=O) groups is 1. The lowest BCUT2D eigenvalue weighted by molar-refractivity contribution is -0.128. The van der Waals surface area contributed by atoms with Crippen molar-refractivity contribution in [2.24, 2.45) is 0 Å². The third-order valence-electron chi connectivity index (χ3n) is 4.39. The zero-order valence-electron chi connectivity index (χ0n) is 14.8. The lowest BCUT2D eigenvalue weighted by Crippen LogP contribution is -2.36. The summed E-state index contributed by atoms with van der Waals surface area (Å²) in [6.07, 6.45) is 2.18. The van der Waals surface area contributed by atoms with Gasteiger partial charge in [0.1, 0.15) is 6.61 Å². The van der Waals surface area contributed by atoms with Crippen molar-refractivity contribution in [3.8, 4) is 0 Å². The SMILES string of the molecule is CC(NC(=O)COC1CCNCC1)c1ccc(C(C)(C)C)cc1. The van der Waals surface area contributed by atoms with Crippen molar-refractivity contribution >= 4 is 5.91 Å². The summed E-state index contributed by atoms with van der Waals surface area (Å²) in [5, 5.41) is 6.30. The molecule has 23 heavy (non-hydrogen) atoms. The molecular formula is C19H30N2O2. The van der Waals surface area contributed by atoms with Crippen LogP contribution in [0.25, 0.3) is 0 Å². The molecule has 1 amide bonds. The largest absolute Gasteiger partial charge is 0.368 e. The van der Waals surface area contributed by atoms with Crippen molar-refractivity contribution in [1.29, 1.82) is 0 Å². The van der Waals surface area contributed by atoms with Gasteiger partial charge in [-0.15, -0.1) is 0 Å². The van der Waals surface area contributed by atoms with Gasteiger partial charge < -0.3 is 15.4 Å². The summed E-state index contributed by atoms with van der Waals surface area (Å²) in [4.78, 5) is 12.0. The van der Waals surface area contributed by atoms with E-state index in [1.165, 1.54) is 5.56 Å². The smallest absolute Gasteiger partial charge is 0.246 e. The maximum atomic E-state index is 12.0. The van der Waals surface area contributed by atoms with Crippen LogP contribution < -0.4 is 10.6 Å². The minimum atomic E-state index is -0.0454. The molecule has 2 N–H and O–H groups in total. The maximum Gasteiger partial charge on any atom is 0.246 e. The first kappa shape index (κ1) is 18.0. The molecule has 1 saturated heterocycles. The Morgan fingerprint density at radius 1 is 1.26 bits per heavy atom. The highest BCUT2D eigenvalue weighted by Crippen LogP contribution is 2.23. The van der Waals surface area contributed by atoms with E-state index in [0.717, 1.165) is 31.5 Å². The van der Waals surface area contributed by atoms with Crippen molar-refractivity contribution in [3.63, 3.8) is 0 Å². The summed E-state index contributed by atoms with van der Waals surface area (Å²) in [7, 11) is 0. The number of benzene rings is 1. The van der Waals surface area contributed by atoms with Crippen LogP contribution in [0.5, 0.6) is 0 Å². The van der Waals surface area contributed by atoms with Crippen LogP contribution in [0.4, 0.5) is 0 Å². The van der Waals surface area contributed by atoms with E-state index < -0.39 is 0 Å². The Balaban J connectivity index is 1.80. The van der Waals surface area contributed by atoms with Crippen LogP contribution in [-0.4, -0.2) is 31.7 Å². The van der Waals surface area contributed by atoms with Gasteiger partial charge in [0.25, 0.3) is 0 Å². The Morgan fingerprint density at radius 2 is 1.87 bits per heavy atom. The molecule has 4 nitrogen and oxygen atoms in total. The molecule has 0 bridgehead atoms. The van der Waals surface area contributed by atoms with Gasteiger partial charge in [-0.3, -0.25) is 4.79 Å². The first-order valence-electron chi connectivity index (χ1n) is 8.58. The predicted octanol–water partition coefficient (Wildman–Crippen LogP) is 2.93. The average Bonchev–Trinajstić information content (AvgIpc) is 2.53. The van der Waals surface area contributed by atoms with Gasteiger partial charge in [-0.2, -0.15) is 0 Å². The molecular weight excluding hydrogens is 288 g/mol. The molecule has 1 aliphatic rings. The van der Waals surface area contributed by atoms with Crippen LogP contribution in [0.2, 0.25) is 0 Å². The van der Waals surface area contributed by atoms with Gasteiger partial charge in [-0.1, -0.05) is 45.0 Å². The molecule has 1 aromatic rings. The Labute approximate surface area is 140 Å². The van der Waals surface area contributed by atoms with Crippen LogP contribution in [0, 0.1) is 0 Å². The quantitative estimate of drug-likeness (QED) is 0.877. The Hall–Kier alpha value is -1.39. The van der Waals surface area contributed by atoms with Crippen LogP contribution in [0.15, 0.2) is 24.3 Å². The van der Waals surface area contributed by atoms with E-state index in [1.807, 2.05) is 6.92 Å². The van der Waals surface area contributed by atoms with Gasteiger partial charge in [0.05, 0.1) is 12.1 Å². The molecule has 2 rings (SSSR count). The number of ether oxygens (including phenoxy) is 1. The second kappa shape index (κ2) is 7.93. The standard InChI is InChI=1S/C19H30N2O2/c1-14(15-5-7-16(8-6-15)19(2,3)4)21-18(22)13-23-17-9-11-20-12-10-17/h5-8,14,17,20H,9-13H2,1-4H3,(H,21,22). The fourth-order valence-corrected chi connectivity index (χ4v) is 2.79. The molecule has 1 unspecified atom stereocenters. The number of amides is 1. The summed E-state index contributed by atoms with van der Waals surface area (Å²) < 4.78 is 5.69. The van der Waals surface area contributed by atoms with E-state index in [-0.39, 0.29) is 30.1 Å². The van der Waals surface area contributed by atoms with Crippen molar-refractivity contribution < 1.29 is 9.53 Å². The Kier molecular flexibility index (Phi) is 6.19. The number of piperidine rings is 1. The average molecular weight is 318 g/mol. The van der Waals surface area contributed by atoms with Crippen LogP contribution in [-0.2, 0) is 14.9 Å². The minimum Gasteiger partial charge on any atom is -0.368 e. The lowest BCUT2D eigenvalue weighted by atomic mass is 9.86. The van der Waals surface area contributed by atoms with E-state index >= 15 is 0 Å². The zero-order valence-corrected chi connectivity index (χ0v) is 14.8. The molecule has 1 aliphatic heterocycles. The highest BCUT2D eigenvalue weighted by molar-refractivity contribution is 5.77. The van der Waals surface area contributed by atoms with Crippen LogP contribution in [0.1, 0.15) is 57.7 Å². The number of hydrogen-bond donors (Lipinski definition) is 2. The highest BCUT2D eigenvalue weighted by Gasteiger charge is 2.17. The van der Waals surface area contributed by atoms with Crippen LogP contribution in [0.3, 0.4) is 0 Å². The predicted molar refractivity (Wildman–Crippen MR) is 93.5 cm³/mol. The molecule has 0 radical (unpaired) electrons. The molecule has 1 heterocycles. The molecule has 0 aromatic heterocycles. The van der Waals surface area contributed by atoms with Gasteiger partial charge in [0.2, 0.25) is 5.91 Å². The van der Waals surface area contributed by atoms with Gasteiger partial charge in [-0.05, 0) is 49.4 Å². The second-order valence-corrected chi connectivity index (χ2v) is 7.42. The number of hydrogen-bond acceptors (Lipinski definition) is 3. The van der Waals surface area contributed by atoms with E-state index in [4.69, 9.17) is 4.74 Å². The lowest BCUT2D eigenvalue weighted by Gasteiger charge is -2.23. The van der Waals surface area contributed by atoms with Gasteiger partial charge in [0.15, 0.2) is 0 Å². The zero-order chi connectivity index (χ0) is 16.9. The molecule has 0 spiro atoms. The van der Waals surface area contributed by atoms with E-state index in [9.17, 15) is 4.79 Å². The molecule has 128 valence electrons. The molecule has 1 aromatic carbocycles. The minimum absolute atomic E-state index is 0.00635. The molecule has 1 atom stereocenters. The van der Waals surface area contributed by atoms with Crippen molar-refractivity contribution in [1.82, 2.24) is 10.6 Å². The van der Waals surface area contributed by atoms with Gasteiger partial charge in [-0.25, -0.2) is 0 Å². The van der Waals surface area contributed by atoms with Crippen molar-refractivity contribution in [3.05, 3.63) is 35.4 Å². The topological polar surface area (TPSA) is 50.4 Å². The number of rotatable bonds is 5. The number of nitrogens with one attached hydrogen (secondary N) is 2. The van der Waals surface area contributed by atoms with Gasteiger partial charge >= 0.3 is 0 Å². The fraction of sp³-hybridized carbons (Fsp3) is 0.632. The first-order chi connectivity index (χ1) is 10.9. The summed E-state index contributed by atoms with van der Waals surface area (Å²) >= 11 is 0. The van der Waals surface area contributed by atoms with E-state index in [0.29, 0.717) is 0 Å². The molecule has 1 fully saturated rings. The second-order valence-electron chi connectivity index (χ2n) is 7.42. The summed E-state index contributed by atoms with van der Waals surface area (Å²) in [5.74, 6) is -0.0454. The van der Waals surface area contributed by atoms with Crippen LogP contribution >= 0.6 is 0 Å². The first-order valence-corrected chi connectivity index (χ1v) is 8.58. The van der Waals surface area contributed by atoms with E-state index in [2.05, 4.69) is 55.7 Å². The summed E-state index contributed by atoms with van der Waals surface area (Å²) in [5.41, 5.74) is 2.57. The number of carbonyl (C=O) groups excluding carboxylic acids is 1. The Bertz CT molecular complexity index is 499. The van der Waals surface area contributed by atoms with E-state index in [1.54, 1.807) is 0 Å². The fourth-order valence-electron chi connectivity index (χ4n) is 2.79. The Morgan fingerprint density at radius 3 is 2.43 bits per heavy atom. The molecule has 0 aliphatic carbocycles.